The van der Waals surface area contributed by atoms with E-state index in [1.54, 1.807) is 19.2 Å². The predicted molar refractivity (Wildman–Crippen MR) is 149 cm³/mol. The van der Waals surface area contributed by atoms with Gasteiger partial charge in [-0.15, -0.1) is 0 Å². The first kappa shape index (κ1) is 27.6. The third-order valence-corrected chi connectivity index (χ3v) is 7.11. The molecule has 3 aromatic rings. The molecule has 38 heavy (non-hydrogen) atoms. The van der Waals surface area contributed by atoms with Crippen LogP contribution in [0.5, 0.6) is 11.5 Å². The molecule has 1 heterocycles. The number of hydrogen-bond acceptors (Lipinski definition) is 5. The number of amides is 1. The Morgan fingerprint density at radius 3 is 2.13 bits per heavy atom. The van der Waals surface area contributed by atoms with Crippen LogP contribution in [0.1, 0.15) is 49.1 Å². The lowest BCUT2D eigenvalue weighted by Gasteiger charge is -2.27. The molecule has 1 atom stereocenters. The van der Waals surface area contributed by atoms with Crippen molar-refractivity contribution < 1.29 is 24.2 Å². The van der Waals surface area contributed by atoms with Crippen LogP contribution in [0.3, 0.4) is 0 Å². The monoisotopic (exact) mass is 553 g/mol. The Hall–Kier alpha value is -3.48. The summed E-state index contributed by atoms with van der Waals surface area (Å²) in [6.07, 6.45) is 0. The van der Waals surface area contributed by atoms with E-state index in [0.29, 0.717) is 11.3 Å². The maximum atomic E-state index is 13.5. The number of carbonyl (C=O) groups is 2. The lowest BCUT2D eigenvalue weighted by molar-refractivity contribution is -0.140. The summed E-state index contributed by atoms with van der Waals surface area (Å²) < 4.78 is 10.6. The Labute approximate surface area is 232 Å². The molecular formula is C30H29Cl2NO5. The largest absolute Gasteiger partial charge is 0.507 e. The van der Waals surface area contributed by atoms with Gasteiger partial charge in [0.1, 0.15) is 17.3 Å². The van der Waals surface area contributed by atoms with E-state index in [1.165, 1.54) is 24.1 Å². The van der Waals surface area contributed by atoms with Gasteiger partial charge < -0.3 is 19.5 Å². The van der Waals surface area contributed by atoms with E-state index in [2.05, 4.69) is 20.8 Å². The number of carbonyl (C=O) groups excluding carboxylic acids is 2. The summed E-state index contributed by atoms with van der Waals surface area (Å²) in [5, 5.41) is 11.9. The molecule has 0 aliphatic carbocycles. The Morgan fingerprint density at radius 2 is 1.58 bits per heavy atom. The molecule has 1 unspecified atom stereocenters. The molecule has 1 saturated heterocycles. The van der Waals surface area contributed by atoms with E-state index >= 15 is 0 Å². The highest BCUT2D eigenvalue weighted by Gasteiger charge is 2.46. The molecule has 4 rings (SSSR count). The molecule has 198 valence electrons. The van der Waals surface area contributed by atoms with E-state index in [-0.39, 0.29) is 38.9 Å². The Kier molecular flexibility index (Phi) is 7.77. The van der Waals surface area contributed by atoms with Crippen molar-refractivity contribution in [1.82, 2.24) is 4.90 Å². The number of hydrogen-bond donors (Lipinski definition) is 1. The zero-order chi connectivity index (χ0) is 27.8. The van der Waals surface area contributed by atoms with E-state index < -0.39 is 23.5 Å². The van der Waals surface area contributed by atoms with Gasteiger partial charge in [-0.2, -0.15) is 0 Å². The molecule has 0 aromatic heterocycles. The van der Waals surface area contributed by atoms with Crippen LogP contribution in [0, 0.1) is 0 Å². The quantitative estimate of drug-likeness (QED) is 0.203. The second-order valence-corrected chi connectivity index (χ2v) is 11.0. The molecule has 3 aromatic carbocycles. The third-order valence-electron chi connectivity index (χ3n) is 6.61. The Morgan fingerprint density at radius 1 is 0.947 bits per heavy atom. The van der Waals surface area contributed by atoms with E-state index in [4.69, 9.17) is 32.7 Å². The van der Waals surface area contributed by atoms with E-state index in [1.807, 2.05) is 36.4 Å². The van der Waals surface area contributed by atoms with Crippen molar-refractivity contribution in [2.45, 2.75) is 38.8 Å². The van der Waals surface area contributed by atoms with Crippen molar-refractivity contribution in [2.75, 3.05) is 14.2 Å². The predicted octanol–water partition coefficient (Wildman–Crippen LogP) is 6.93. The average Bonchev–Trinajstić information content (AvgIpc) is 3.12. The van der Waals surface area contributed by atoms with Crippen molar-refractivity contribution >= 4 is 40.7 Å². The second kappa shape index (κ2) is 10.7. The SMILES string of the molecule is COc1ccc(CN2C(=O)C(=O)/C(=C(/O)c3cc(Cl)cc(Cl)c3OC)C2c2ccc(C(C)(C)C)cc2)cc1. The molecule has 8 heteroatoms. The molecule has 1 amide bonds. The highest BCUT2D eigenvalue weighted by Crippen LogP contribution is 2.44. The number of ketones is 1. The van der Waals surface area contributed by atoms with Crippen molar-refractivity contribution in [3.63, 3.8) is 0 Å². The number of ether oxygens (including phenoxy) is 2. The lowest BCUT2D eigenvalue weighted by atomic mass is 9.85. The fourth-order valence-electron chi connectivity index (χ4n) is 4.57. The van der Waals surface area contributed by atoms with Crippen LogP contribution in [0.4, 0.5) is 0 Å². The average molecular weight is 554 g/mol. The maximum absolute atomic E-state index is 13.5. The van der Waals surface area contributed by atoms with Gasteiger partial charge in [-0.25, -0.2) is 0 Å². The third kappa shape index (κ3) is 5.24. The van der Waals surface area contributed by atoms with Gasteiger partial charge in [-0.1, -0.05) is 80.4 Å². The van der Waals surface area contributed by atoms with Gasteiger partial charge >= 0.3 is 0 Å². The van der Waals surface area contributed by atoms with Gasteiger partial charge in [0, 0.05) is 11.6 Å². The number of nitrogens with zero attached hydrogens (tertiary/aromatic N) is 1. The topological polar surface area (TPSA) is 76.1 Å². The minimum Gasteiger partial charge on any atom is -0.507 e. The summed E-state index contributed by atoms with van der Waals surface area (Å²) in [5.74, 6) is -1.11. The molecule has 0 saturated carbocycles. The van der Waals surface area contributed by atoms with Crippen molar-refractivity contribution in [3.8, 4) is 11.5 Å². The lowest BCUT2D eigenvalue weighted by Crippen LogP contribution is -2.29. The van der Waals surface area contributed by atoms with Crippen LogP contribution in [-0.2, 0) is 21.5 Å². The molecule has 1 aliphatic rings. The minimum absolute atomic E-state index is 0.0661. The Balaban J connectivity index is 1.90. The summed E-state index contributed by atoms with van der Waals surface area (Å²) in [6, 6.07) is 17.0. The first-order valence-corrected chi connectivity index (χ1v) is 12.8. The van der Waals surface area contributed by atoms with Crippen molar-refractivity contribution in [3.05, 3.63) is 98.5 Å². The molecular weight excluding hydrogens is 525 g/mol. The van der Waals surface area contributed by atoms with Gasteiger partial charge in [0.15, 0.2) is 0 Å². The zero-order valence-electron chi connectivity index (χ0n) is 21.8. The van der Waals surface area contributed by atoms with Crippen LogP contribution in [0.2, 0.25) is 10.0 Å². The number of rotatable bonds is 6. The molecule has 1 aliphatic heterocycles. The summed E-state index contributed by atoms with van der Waals surface area (Å²) in [6.45, 7) is 6.46. The Bertz CT molecular complexity index is 1410. The molecule has 0 bridgehead atoms. The highest BCUT2D eigenvalue weighted by atomic mass is 35.5. The highest BCUT2D eigenvalue weighted by molar-refractivity contribution is 6.46. The number of benzene rings is 3. The number of aliphatic hydroxyl groups excluding tert-OH is 1. The normalized spacial score (nSPS) is 17.1. The fraction of sp³-hybridized carbons (Fsp3) is 0.267. The van der Waals surface area contributed by atoms with Crippen LogP contribution in [0.25, 0.3) is 5.76 Å². The number of halogens is 2. The van der Waals surface area contributed by atoms with Gasteiger partial charge in [-0.3, -0.25) is 9.59 Å². The van der Waals surface area contributed by atoms with Crippen LogP contribution in [-0.4, -0.2) is 35.9 Å². The summed E-state index contributed by atoms with van der Waals surface area (Å²) in [7, 11) is 2.97. The summed E-state index contributed by atoms with van der Waals surface area (Å²) in [4.78, 5) is 28.3. The standard InChI is InChI=1S/C30H29Cl2NO5/c1-30(2,3)19-10-8-18(9-11-19)25-24(26(34)22-14-20(31)15-23(32)28(22)38-5)27(35)29(36)33(25)16-17-6-12-21(37-4)13-7-17/h6-15,25,34H,16H2,1-5H3/b26-24+. The van der Waals surface area contributed by atoms with Gasteiger partial charge in [-0.05, 0) is 46.4 Å². The summed E-state index contributed by atoms with van der Waals surface area (Å²) >= 11 is 12.5. The summed E-state index contributed by atoms with van der Waals surface area (Å²) in [5.41, 5.74) is 2.55. The zero-order valence-corrected chi connectivity index (χ0v) is 23.4. The van der Waals surface area contributed by atoms with Crippen LogP contribution >= 0.6 is 23.2 Å². The van der Waals surface area contributed by atoms with Crippen LogP contribution < -0.4 is 9.47 Å². The van der Waals surface area contributed by atoms with Crippen LogP contribution in [0.15, 0.2) is 66.2 Å². The number of Topliss-reactive ketones (excluding diaryl/α,β-unsaturated/α-hetero) is 1. The molecule has 1 N–H and O–H groups in total. The van der Waals surface area contributed by atoms with E-state index in [0.717, 1.165) is 11.1 Å². The first-order valence-electron chi connectivity index (χ1n) is 12.0. The van der Waals surface area contributed by atoms with E-state index in [9.17, 15) is 14.7 Å². The van der Waals surface area contributed by atoms with Gasteiger partial charge in [0.2, 0.25) is 0 Å². The molecule has 0 spiro atoms. The van der Waals surface area contributed by atoms with Gasteiger partial charge in [0.05, 0.1) is 36.4 Å². The van der Waals surface area contributed by atoms with Crippen molar-refractivity contribution in [2.24, 2.45) is 0 Å². The fourth-order valence-corrected chi connectivity index (χ4v) is 5.14. The number of aliphatic hydroxyl groups is 1. The molecule has 0 radical (unpaired) electrons. The molecule has 6 nitrogen and oxygen atoms in total. The number of methoxy groups -OCH3 is 2. The van der Waals surface area contributed by atoms with Crippen molar-refractivity contribution in [1.29, 1.82) is 0 Å². The smallest absolute Gasteiger partial charge is 0.295 e. The maximum Gasteiger partial charge on any atom is 0.295 e. The number of likely N-dealkylation sites (tertiary alicyclic amines) is 1. The first-order chi connectivity index (χ1) is 18.0. The molecule has 1 fully saturated rings. The van der Waals surface area contributed by atoms with Gasteiger partial charge in [0.25, 0.3) is 11.7 Å². The minimum atomic E-state index is -0.853. The second-order valence-electron chi connectivity index (χ2n) is 10.1.